The van der Waals surface area contributed by atoms with E-state index in [0.717, 1.165) is 0 Å². The van der Waals surface area contributed by atoms with Crippen molar-refractivity contribution in [3.8, 4) is 0 Å². The maximum absolute atomic E-state index is 8.67. The maximum Gasteiger partial charge on any atom is 0.131 e. The first-order valence-electron chi connectivity index (χ1n) is 3.48. The average molecular weight is 351 g/mol. The minimum Gasteiger partial charge on any atom is -0.530 e. The van der Waals surface area contributed by atoms with Crippen molar-refractivity contribution in [1.29, 1.82) is 0 Å². The largest absolute Gasteiger partial charge is 0.530 e. The summed E-state index contributed by atoms with van der Waals surface area (Å²) in [5, 5.41) is 43.3. The molecule has 0 aliphatic carbocycles. The second kappa shape index (κ2) is 30.2. The van der Waals surface area contributed by atoms with E-state index in [-0.39, 0.29) is 18.6 Å². The van der Waals surface area contributed by atoms with Crippen LogP contribution < -0.4 is 54.2 Å². The molecular formula is C5H10N5O10V-5. The number of amides is 5. The van der Waals surface area contributed by atoms with Gasteiger partial charge in [0.05, 0.1) is 0 Å². The van der Waals surface area contributed by atoms with Gasteiger partial charge in [0.15, 0.2) is 0 Å². The van der Waals surface area contributed by atoms with Crippen molar-refractivity contribution in [3.05, 3.63) is 0 Å². The molecule has 0 saturated heterocycles. The van der Waals surface area contributed by atoms with Crippen LogP contribution in [0.25, 0.3) is 0 Å². The molecule has 0 unspecified atom stereocenters. The Morgan fingerprint density at radius 3 is 0.429 bits per heavy atom. The van der Waals surface area contributed by atoms with Gasteiger partial charge < -0.3 is 78.2 Å². The second-order valence-electron chi connectivity index (χ2n) is 1.60. The standard InChI is InChI=1S/5CH3NO2.V/c5*2-1(3)4;/h5*2H2,(H,3,4);/p-5. The summed E-state index contributed by atoms with van der Waals surface area (Å²) in [4.78, 5) is 43.3. The van der Waals surface area contributed by atoms with Gasteiger partial charge in [-0.05, 0) is 0 Å². The van der Waals surface area contributed by atoms with Crippen LogP contribution in [0.1, 0.15) is 0 Å². The molecule has 0 aromatic heterocycles. The third kappa shape index (κ3) is 402. The fourth-order valence-corrected chi connectivity index (χ4v) is 0. The summed E-state index contributed by atoms with van der Waals surface area (Å²) >= 11 is 0. The molecule has 0 bridgehead atoms. The van der Waals surface area contributed by atoms with Gasteiger partial charge in [-0.3, -0.25) is 0 Å². The average Bonchev–Trinajstić information content (AvgIpc) is 1.94. The van der Waals surface area contributed by atoms with Crippen LogP contribution in [0, 0.1) is 0 Å². The van der Waals surface area contributed by atoms with Gasteiger partial charge in [0.1, 0.15) is 30.5 Å². The molecule has 15 nitrogen and oxygen atoms in total. The molecule has 0 aromatic carbocycles. The molecule has 0 atom stereocenters. The van der Waals surface area contributed by atoms with Gasteiger partial charge in [0.25, 0.3) is 0 Å². The molecule has 0 aromatic rings. The third-order valence-corrected chi connectivity index (χ3v) is 0. The molecule has 16 heteroatoms. The molecule has 1 radical (unpaired) electrons. The first kappa shape index (κ1) is 36.1. The summed E-state index contributed by atoms with van der Waals surface area (Å²) in [6, 6.07) is 0. The molecule has 21 heavy (non-hydrogen) atoms. The SMILES string of the molecule is NC(=O)[O-].NC(=O)[O-].NC(=O)[O-].NC(=O)[O-].NC(=O)[O-].[V]. The van der Waals surface area contributed by atoms with Crippen LogP contribution in [0.2, 0.25) is 0 Å². The predicted molar refractivity (Wildman–Crippen MR) is 47.9 cm³/mol. The Kier molecular flexibility index (Phi) is 51.9. The zero-order valence-corrected chi connectivity index (χ0v) is 11.3. The monoisotopic (exact) mass is 351 g/mol. The number of carbonyl (C=O) groups is 5. The minimum absolute atomic E-state index is 0. The van der Waals surface area contributed by atoms with Gasteiger partial charge in [0, 0.05) is 18.6 Å². The third-order valence-electron chi connectivity index (χ3n) is 0. The van der Waals surface area contributed by atoms with E-state index in [0.29, 0.717) is 0 Å². The minimum atomic E-state index is -1.58. The Morgan fingerprint density at radius 2 is 0.429 bits per heavy atom. The van der Waals surface area contributed by atoms with E-state index in [2.05, 4.69) is 28.7 Å². The van der Waals surface area contributed by atoms with Crippen LogP contribution in [0.5, 0.6) is 0 Å². The van der Waals surface area contributed by atoms with Gasteiger partial charge in [-0.25, -0.2) is 0 Å². The summed E-state index contributed by atoms with van der Waals surface area (Å²) < 4.78 is 0. The smallest absolute Gasteiger partial charge is 0.131 e. The Balaban J connectivity index is -0.0000000331. The molecule has 0 heterocycles. The number of carboxylic acid groups (broad SMARTS) is 5. The van der Waals surface area contributed by atoms with Crippen molar-refractivity contribution in [3.63, 3.8) is 0 Å². The van der Waals surface area contributed by atoms with Crippen LogP contribution in [-0.2, 0) is 18.6 Å². The molecule has 5 amide bonds. The van der Waals surface area contributed by atoms with Crippen LogP contribution in [0.4, 0.5) is 24.0 Å². The molecule has 0 spiro atoms. The van der Waals surface area contributed by atoms with Crippen LogP contribution in [-0.4, -0.2) is 30.5 Å². The number of rotatable bonds is 0. The zero-order chi connectivity index (χ0) is 17.9. The second-order valence-corrected chi connectivity index (χ2v) is 1.60. The van der Waals surface area contributed by atoms with Crippen LogP contribution in [0.3, 0.4) is 0 Å². The van der Waals surface area contributed by atoms with E-state index in [1.807, 2.05) is 0 Å². The molecule has 125 valence electrons. The van der Waals surface area contributed by atoms with E-state index < -0.39 is 30.5 Å². The molecule has 0 saturated carbocycles. The number of nitrogens with two attached hydrogens (primary N) is 5. The van der Waals surface area contributed by atoms with Gasteiger partial charge in [-0.15, -0.1) is 0 Å². The normalized spacial score (nSPS) is 5.71. The molecule has 0 fully saturated rings. The van der Waals surface area contributed by atoms with Crippen LogP contribution in [0.15, 0.2) is 0 Å². The summed E-state index contributed by atoms with van der Waals surface area (Å²) in [6.07, 6.45) is -7.92. The van der Waals surface area contributed by atoms with Crippen molar-refractivity contribution in [2.24, 2.45) is 28.7 Å². The van der Waals surface area contributed by atoms with Crippen molar-refractivity contribution in [1.82, 2.24) is 0 Å². The van der Waals surface area contributed by atoms with E-state index >= 15 is 0 Å². The van der Waals surface area contributed by atoms with Gasteiger partial charge in [-0.2, -0.15) is 0 Å². The van der Waals surface area contributed by atoms with E-state index in [4.69, 9.17) is 49.5 Å². The first-order valence-corrected chi connectivity index (χ1v) is 3.48. The fourth-order valence-electron chi connectivity index (χ4n) is 0. The Bertz CT molecular complexity index is 221. The number of hydrogen-bond donors (Lipinski definition) is 5. The van der Waals surface area contributed by atoms with Gasteiger partial charge >= 0.3 is 0 Å². The van der Waals surface area contributed by atoms with Gasteiger partial charge in [0.2, 0.25) is 0 Å². The van der Waals surface area contributed by atoms with Crippen molar-refractivity contribution >= 4 is 30.5 Å². The van der Waals surface area contributed by atoms with E-state index in [1.165, 1.54) is 0 Å². The summed E-state index contributed by atoms with van der Waals surface area (Å²) in [7, 11) is 0. The molecule has 0 aliphatic rings. The quantitative estimate of drug-likeness (QED) is 0.274. The van der Waals surface area contributed by atoms with Crippen LogP contribution >= 0.6 is 0 Å². The summed E-state index contributed by atoms with van der Waals surface area (Å²) in [5.41, 5.74) is 19.6. The Morgan fingerprint density at radius 1 is 0.429 bits per heavy atom. The Hall–Kier alpha value is -3.07. The van der Waals surface area contributed by atoms with Crippen molar-refractivity contribution in [2.45, 2.75) is 0 Å². The van der Waals surface area contributed by atoms with E-state index in [1.54, 1.807) is 0 Å². The molecular weight excluding hydrogens is 341 g/mol. The Labute approximate surface area is 128 Å². The van der Waals surface area contributed by atoms with Gasteiger partial charge in [-0.1, -0.05) is 0 Å². The molecule has 0 aliphatic heterocycles. The zero-order valence-electron chi connectivity index (χ0n) is 9.92. The fraction of sp³-hybridized carbons (Fsp3) is 0. The topological polar surface area (TPSA) is 331 Å². The summed E-state index contributed by atoms with van der Waals surface area (Å²) in [5.74, 6) is 0. The first-order chi connectivity index (χ1) is 8.66. The number of hydrogen-bond acceptors (Lipinski definition) is 10. The van der Waals surface area contributed by atoms with Crippen molar-refractivity contribution < 1.29 is 68.1 Å². The summed E-state index contributed by atoms with van der Waals surface area (Å²) in [6.45, 7) is 0. The number of primary amides is 5. The molecule has 10 N–H and O–H groups in total. The predicted octanol–water partition coefficient (Wildman–Crippen LogP) is -8.56. The number of carbonyl (C=O) groups excluding carboxylic acids is 5. The van der Waals surface area contributed by atoms with E-state index in [9.17, 15) is 0 Å². The van der Waals surface area contributed by atoms with Crippen molar-refractivity contribution in [2.75, 3.05) is 0 Å². The maximum atomic E-state index is 8.67. The molecule has 0 rings (SSSR count).